The molecule has 4 nitrogen and oxygen atoms in total. The minimum Gasteiger partial charge on any atom is -0.399 e. The molecule has 110 valence electrons. The fraction of sp³-hybridized carbons (Fsp3) is 0.235. The largest absolute Gasteiger partial charge is 0.399 e. The molecule has 1 atom stereocenters. The van der Waals surface area contributed by atoms with E-state index in [1.54, 1.807) is 0 Å². The Bertz CT molecular complexity index is 584. The maximum atomic E-state index is 12.0. The highest BCUT2D eigenvalue weighted by atomic mass is 16.3. The van der Waals surface area contributed by atoms with Crippen LogP contribution in [0.4, 0.5) is 5.69 Å². The van der Waals surface area contributed by atoms with Crippen LogP contribution >= 0.6 is 0 Å². The summed E-state index contributed by atoms with van der Waals surface area (Å²) in [5.74, 6) is -0.0830. The molecule has 0 aliphatic rings. The smallest absolute Gasteiger partial charge is 0.220 e. The molecule has 2 rings (SSSR count). The van der Waals surface area contributed by atoms with Crippen molar-refractivity contribution in [3.8, 4) is 0 Å². The molecule has 0 saturated heterocycles. The molecule has 0 spiro atoms. The number of carbonyl (C=O) groups excluding carboxylic acids is 1. The second-order valence-electron chi connectivity index (χ2n) is 4.96. The second-order valence-corrected chi connectivity index (χ2v) is 4.96. The first-order chi connectivity index (χ1) is 10.2. The van der Waals surface area contributed by atoms with E-state index in [1.807, 2.05) is 54.6 Å². The lowest BCUT2D eigenvalue weighted by molar-refractivity contribution is -0.122. The third-order valence-corrected chi connectivity index (χ3v) is 3.31. The highest BCUT2D eigenvalue weighted by Gasteiger charge is 2.13. The number of nitrogen functional groups attached to an aromatic ring is 1. The molecule has 2 aromatic carbocycles. The molecule has 4 N–H and O–H groups in total. The number of hydrogen-bond acceptors (Lipinski definition) is 3. The van der Waals surface area contributed by atoms with Gasteiger partial charge in [0, 0.05) is 12.1 Å². The van der Waals surface area contributed by atoms with E-state index in [-0.39, 0.29) is 18.6 Å². The molecule has 0 aliphatic heterocycles. The zero-order valence-corrected chi connectivity index (χ0v) is 11.8. The van der Waals surface area contributed by atoms with Crippen LogP contribution < -0.4 is 11.1 Å². The standard InChI is InChI=1S/C17H20N2O2/c18-15-8-4-5-13(11-15)9-10-17(21)19-16(12-20)14-6-2-1-3-7-14/h1-8,11,16,20H,9-10,12,18H2,(H,19,21). The summed E-state index contributed by atoms with van der Waals surface area (Å²) in [6.45, 7) is -0.117. The van der Waals surface area contributed by atoms with Gasteiger partial charge in [0.2, 0.25) is 5.91 Å². The van der Waals surface area contributed by atoms with Crippen molar-refractivity contribution in [2.24, 2.45) is 0 Å². The monoisotopic (exact) mass is 284 g/mol. The summed E-state index contributed by atoms with van der Waals surface area (Å²) in [7, 11) is 0. The van der Waals surface area contributed by atoms with Crippen LogP contribution in [0.25, 0.3) is 0 Å². The van der Waals surface area contributed by atoms with Crippen LogP contribution in [0.5, 0.6) is 0 Å². The van der Waals surface area contributed by atoms with Gasteiger partial charge in [-0.15, -0.1) is 0 Å². The topological polar surface area (TPSA) is 75.4 Å². The molecule has 0 bridgehead atoms. The van der Waals surface area contributed by atoms with E-state index in [4.69, 9.17) is 5.73 Å². The number of carbonyl (C=O) groups is 1. The zero-order valence-electron chi connectivity index (χ0n) is 11.8. The van der Waals surface area contributed by atoms with E-state index < -0.39 is 0 Å². The van der Waals surface area contributed by atoms with Crippen LogP contribution in [0.1, 0.15) is 23.6 Å². The number of nitrogens with two attached hydrogens (primary N) is 1. The maximum Gasteiger partial charge on any atom is 0.220 e. The Hall–Kier alpha value is -2.33. The van der Waals surface area contributed by atoms with Crippen molar-refractivity contribution >= 4 is 11.6 Å². The minimum absolute atomic E-state index is 0.0830. The van der Waals surface area contributed by atoms with Crippen molar-refractivity contribution in [2.75, 3.05) is 12.3 Å². The highest BCUT2D eigenvalue weighted by molar-refractivity contribution is 5.76. The molecular formula is C17H20N2O2. The molecule has 1 amide bonds. The second kappa shape index (κ2) is 7.45. The van der Waals surface area contributed by atoms with Gasteiger partial charge in [0.15, 0.2) is 0 Å². The van der Waals surface area contributed by atoms with Crippen LogP contribution in [0.3, 0.4) is 0 Å². The molecule has 2 aromatic rings. The van der Waals surface area contributed by atoms with E-state index in [9.17, 15) is 9.90 Å². The predicted molar refractivity (Wildman–Crippen MR) is 83.6 cm³/mol. The summed E-state index contributed by atoms with van der Waals surface area (Å²) in [5.41, 5.74) is 8.34. The highest BCUT2D eigenvalue weighted by Crippen LogP contribution is 2.13. The van der Waals surface area contributed by atoms with E-state index in [0.29, 0.717) is 18.5 Å². The average Bonchev–Trinajstić information content (AvgIpc) is 2.51. The molecule has 1 unspecified atom stereocenters. The predicted octanol–water partition coefficient (Wildman–Crippen LogP) is 2.05. The number of benzene rings is 2. The van der Waals surface area contributed by atoms with E-state index in [0.717, 1.165) is 11.1 Å². The Kier molecular flexibility index (Phi) is 5.35. The van der Waals surface area contributed by atoms with Gasteiger partial charge in [0.05, 0.1) is 12.6 Å². The van der Waals surface area contributed by atoms with Gasteiger partial charge >= 0.3 is 0 Å². The summed E-state index contributed by atoms with van der Waals surface area (Å²) < 4.78 is 0. The molecule has 0 saturated carbocycles. The fourth-order valence-corrected chi connectivity index (χ4v) is 2.19. The van der Waals surface area contributed by atoms with Crippen LogP contribution in [0.15, 0.2) is 54.6 Å². The summed E-state index contributed by atoms with van der Waals surface area (Å²) in [4.78, 5) is 12.0. The van der Waals surface area contributed by atoms with E-state index in [2.05, 4.69) is 5.32 Å². The SMILES string of the molecule is Nc1cccc(CCC(=O)NC(CO)c2ccccc2)c1. The third kappa shape index (κ3) is 4.61. The van der Waals surface area contributed by atoms with Crippen molar-refractivity contribution in [3.63, 3.8) is 0 Å². The van der Waals surface area contributed by atoms with E-state index in [1.165, 1.54) is 0 Å². The molecule has 4 heteroatoms. The lowest BCUT2D eigenvalue weighted by atomic mass is 10.1. The molecule has 0 radical (unpaired) electrons. The maximum absolute atomic E-state index is 12.0. The normalized spacial score (nSPS) is 11.9. The lowest BCUT2D eigenvalue weighted by Crippen LogP contribution is -2.30. The first kappa shape index (κ1) is 15.1. The number of aliphatic hydroxyl groups excluding tert-OH is 1. The van der Waals surface area contributed by atoms with Crippen LogP contribution in [-0.4, -0.2) is 17.6 Å². The Morgan fingerprint density at radius 1 is 1.14 bits per heavy atom. The van der Waals surface area contributed by atoms with Gasteiger partial charge in [-0.1, -0.05) is 42.5 Å². The summed E-state index contributed by atoms with van der Waals surface area (Å²) >= 11 is 0. The molecule has 0 aromatic heterocycles. The first-order valence-corrected chi connectivity index (χ1v) is 6.98. The van der Waals surface area contributed by atoms with Crippen molar-refractivity contribution < 1.29 is 9.90 Å². The molecule has 21 heavy (non-hydrogen) atoms. The van der Waals surface area contributed by atoms with Gasteiger partial charge in [-0.25, -0.2) is 0 Å². The number of rotatable bonds is 6. The molecule has 0 heterocycles. The Morgan fingerprint density at radius 3 is 2.57 bits per heavy atom. The van der Waals surface area contributed by atoms with Crippen molar-refractivity contribution in [1.29, 1.82) is 0 Å². The van der Waals surface area contributed by atoms with E-state index >= 15 is 0 Å². The Morgan fingerprint density at radius 2 is 1.90 bits per heavy atom. The lowest BCUT2D eigenvalue weighted by Gasteiger charge is -2.16. The first-order valence-electron chi connectivity index (χ1n) is 6.98. The number of anilines is 1. The number of aryl methyl sites for hydroxylation is 1. The van der Waals surface area contributed by atoms with Crippen LogP contribution in [0, 0.1) is 0 Å². The van der Waals surface area contributed by atoms with Crippen molar-refractivity contribution in [1.82, 2.24) is 5.32 Å². The molecular weight excluding hydrogens is 264 g/mol. The van der Waals surface area contributed by atoms with Gasteiger partial charge in [0.1, 0.15) is 0 Å². The number of aliphatic hydroxyl groups is 1. The Labute approximate surface area is 124 Å². The zero-order chi connectivity index (χ0) is 15.1. The fourth-order valence-electron chi connectivity index (χ4n) is 2.19. The van der Waals surface area contributed by atoms with Crippen molar-refractivity contribution in [2.45, 2.75) is 18.9 Å². The van der Waals surface area contributed by atoms with Gasteiger partial charge in [-0.2, -0.15) is 0 Å². The van der Waals surface area contributed by atoms with Gasteiger partial charge in [0.25, 0.3) is 0 Å². The van der Waals surface area contributed by atoms with Crippen LogP contribution in [-0.2, 0) is 11.2 Å². The summed E-state index contributed by atoms with van der Waals surface area (Å²) in [6, 6.07) is 16.6. The number of amides is 1. The van der Waals surface area contributed by atoms with Crippen LogP contribution in [0.2, 0.25) is 0 Å². The van der Waals surface area contributed by atoms with Gasteiger partial charge in [-0.05, 0) is 29.7 Å². The number of hydrogen-bond donors (Lipinski definition) is 3. The van der Waals surface area contributed by atoms with Gasteiger partial charge < -0.3 is 16.2 Å². The Balaban J connectivity index is 1.89. The quantitative estimate of drug-likeness (QED) is 0.711. The summed E-state index contributed by atoms with van der Waals surface area (Å²) in [5, 5.41) is 12.3. The number of nitrogens with one attached hydrogen (secondary N) is 1. The molecule has 0 fully saturated rings. The third-order valence-electron chi connectivity index (χ3n) is 3.31. The van der Waals surface area contributed by atoms with Crippen molar-refractivity contribution in [3.05, 3.63) is 65.7 Å². The summed E-state index contributed by atoms with van der Waals surface area (Å²) in [6.07, 6.45) is 0.997. The average molecular weight is 284 g/mol. The minimum atomic E-state index is -0.362. The molecule has 0 aliphatic carbocycles. The van der Waals surface area contributed by atoms with Gasteiger partial charge in [-0.3, -0.25) is 4.79 Å².